The minimum Gasteiger partial charge on any atom is -0.384 e. The van der Waals surface area contributed by atoms with Gasteiger partial charge in [-0.1, -0.05) is 25.1 Å². The maximum Gasteiger partial charge on any atom is 0.122 e. The Balaban J connectivity index is 1.86. The number of benzene rings is 2. The number of nitrogens with one attached hydrogen (secondary N) is 2. The van der Waals surface area contributed by atoms with Crippen LogP contribution in [0.4, 0.5) is 10.1 Å². The summed E-state index contributed by atoms with van der Waals surface area (Å²) >= 11 is 0. The molecule has 5 nitrogen and oxygen atoms in total. The zero-order valence-corrected chi connectivity index (χ0v) is 15.9. The standard InChI is InChI=1S/C21H27FN4O/c1-3-9-23-14-21(27,13-22)15-24-19-10-16(2)11-20-18(19)12-25-26(20)17-7-5-4-6-8-17/h4-8,10-12,23-24,27H,3,9,13-15H2,1-2H3. The highest BCUT2D eigenvalue weighted by Crippen LogP contribution is 2.27. The van der Waals surface area contributed by atoms with Crippen LogP contribution < -0.4 is 10.6 Å². The average Bonchev–Trinajstić information content (AvgIpc) is 3.11. The molecule has 1 atom stereocenters. The van der Waals surface area contributed by atoms with Crippen LogP contribution in [0.2, 0.25) is 0 Å². The summed E-state index contributed by atoms with van der Waals surface area (Å²) in [6.45, 7) is 4.32. The third-order valence-corrected chi connectivity index (χ3v) is 4.57. The molecule has 1 unspecified atom stereocenters. The first-order valence-electron chi connectivity index (χ1n) is 9.33. The first-order valence-corrected chi connectivity index (χ1v) is 9.33. The number of rotatable bonds is 9. The molecule has 144 valence electrons. The third kappa shape index (κ3) is 4.46. The number of anilines is 1. The Bertz CT molecular complexity index is 881. The van der Waals surface area contributed by atoms with E-state index in [0.717, 1.165) is 40.8 Å². The van der Waals surface area contributed by atoms with Gasteiger partial charge in [0.1, 0.15) is 12.3 Å². The number of hydrogen-bond acceptors (Lipinski definition) is 4. The van der Waals surface area contributed by atoms with Crippen LogP contribution >= 0.6 is 0 Å². The molecule has 1 heterocycles. The molecule has 0 saturated carbocycles. The number of hydrogen-bond donors (Lipinski definition) is 3. The lowest BCUT2D eigenvalue weighted by Gasteiger charge is -2.26. The van der Waals surface area contributed by atoms with Crippen molar-refractivity contribution >= 4 is 16.6 Å². The van der Waals surface area contributed by atoms with Crippen molar-refractivity contribution in [3.05, 3.63) is 54.2 Å². The van der Waals surface area contributed by atoms with Crippen molar-refractivity contribution in [2.24, 2.45) is 0 Å². The van der Waals surface area contributed by atoms with Crippen molar-refractivity contribution in [2.75, 3.05) is 31.6 Å². The van der Waals surface area contributed by atoms with E-state index in [4.69, 9.17) is 0 Å². The molecule has 3 rings (SSSR count). The quantitative estimate of drug-likeness (QED) is 0.505. The second kappa shape index (κ2) is 8.50. The first kappa shape index (κ1) is 19.3. The van der Waals surface area contributed by atoms with Crippen molar-refractivity contribution in [1.82, 2.24) is 15.1 Å². The molecule has 6 heteroatoms. The summed E-state index contributed by atoms with van der Waals surface area (Å²) in [5.74, 6) is 0. The van der Waals surface area contributed by atoms with E-state index in [1.54, 1.807) is 6.20 Å². The van der Waals surface area contributed by atoms with Gasteiger partial charge in [-0.2, -0.15) is 5.10 Å². The largest absolute Gasteiger partial charge is 0.384 e. The van der Waals surface area contributed by atoms with E-state index >= 15 is 0 Å². The highest BCUT2D eigenvalue weighted by atomic mass is 19.1. The number of fused-ring (bicyclic) bond motifs is 1. The Morgan fingerprint density at radius 1 is 1.19 bits per heavy atom. The van der Waals surface area contributed by atoms with Gasteiger partial charge in [-0.15, -0.1) is 0 Å². The van der Waals surface area contributed by atoms with Gasteiger partial charge in [0.25, 0.3) is 0 Å². The van der Waals surface area contributed by atoms with Crippen LogP contribution in [0.1, 0.15) is 18.9 Å². The van der Waals surface area contributed by atoms with E-state index in [0.29, 0.717) is 0 Å². The van der Waals surface area contributed by atoms with Crippen LogP contribution in [-0.2, 0) is 0 Å². The van der Waals surface area contributed by atoms with Gasteiger partial charge in [0.15, 0.2) is 0 Å². The highest BCUT2D eigenvalue weighted by molar-refractivity contribution is 5.93. The molecule has 3 aromatic rings. The van der Waals surface area contributed by atoms with Crippen molar-refractivity contribution in [3.63, 3.8) is 0 Å². The van der Waals surface area contributed by atoms with Crippen LogP contribution in [0.15, 0.2) is 48.7 Å². The minimum atomic E-state index is -1.44. The van der Waals surface area contributed by atoms with Crippen LogP contribution in [0.25, 0.3) is 16.6 Å². The predicted octanol–water partition coefficient (Wildman–Crippen LogP) is 3.45. The van der Waals surface area contributed by atoms with Gasteiger partial charge in [0.2, 0.25) is 0 Å². The van der Waals surface area contributed by atoms with E-state index in [1.165, 1.54) is 0 Å². The Kier molecular flexibility index (Phi) is 6.08. The smallest absolute Gasteiger partial charge is 0.122 e. The van der Waals surface area contributed by atoms with Gasteiger partial charge in [-0.3, -0.25) is 0 Å². The SMILES string of the molecule is CCCNCC(O)(CF)CNc1cc(C)cc2c1cnn2-c1ccccc1. The van der Waals surface area contributed by atoms with Gasteiger partial charge < -0.3 is 15.7 Å². The second-order valence-corrected chi connectivity index (χ2v) is 7.03. The summed E-state index contributed by atoms with van der Waals surface area (Å²) < 4.78 is 15.3. The molecule has 0 aliphatic heterocycles. The summed E-state index contributed by atoms with van der Waals surface area (Å²) in [5, 5.41) is 22.3. The number of aryl methyl sites for hydroxylation is 1. The van der Waals surface area contributed by atoms with E-state index in [2.05, 4.69) is 21.8 Å². The lowest BCUT2D eigenvalue weighted by molar-refractivity contribution is 0.0284. The summed E-state index contributed by atoms with van der Waals surface area (Å²) in [5.41, 5.74) is 2.41. The fraction of sp³-hybridized carbons (Fsp3) is 0.381. The monoisotopic (exact) mass is 370 g/mol. The van der Waals surface area contributed by atoms with Gasteiger partial charge in [-0.25, -0.2) is 9.07 Å². The molecule has 0 fully saturated rings. The fourth-order valence-electron chi connectivity index (χ4n) is 3.10. The van der Waals surface area contributed by atoms with Gasteiger partial charge >= 0.3 is 0 Å². The number of para-hydroxylation sites is 1. The molecule has 0 aliphatic rings. The third-order valence-electron chi connectivity index (χ3n) is 4.57. The van der Waals surface area contributed by atoms with Crippen LogP contribution in [0.5, 0.6) is 0 Å². The molecule has 0 amide bonds. The van der Waals surface area contributed by atoms with E-state index in [9.17, 15) is 9.50 Å². The van der Waals surface area contributed by atoms with Gasteiger partial charge in [-0.05, 0) is 49.7 Å². The van der Waals surface area contributed by atoms with Crippen LogP contribution in [0, 0.1) is 6.92 Å². The number of alkyl halides is 1. The number of aromatic nitrogens is 2. The lowest BCUT2D eigenvalue weighted by Crippen LogP contribution is -2.48. The van der Waals surface area contributed by atoms with Gasteiger partial charge in [0.05, 0.1) is 17.4 Å². The second-order valence-electron chi connectivity index (χ2n) is 7.03. The molecule has 3 N–H and O–H groups in total. The molecular formula is C21H27FN4O. The Hall–Kier alpha value is -2.44. The van der Waals surface area contributed by atoms with Crippen molar-refractivity contribution in [2.45, 2.75) is 25.9 Å². The summed E-state index contributed by atoms with van der Waals surface area (Å²) in [6, 6.07) is 14.0. The highest BCUT2D eigenvalue weighted by Gasteiger charge is 2.26. The maximum absolute atomic E-state index is 13.4. The Morgan fingerprint density at radius 3 is 2.67 bits per heavy atom. The average molecular weight is 370 g/mol. The molecule has 0 spiro atoms. The van der Waals surface area contributed by atoms with Gasteiger partial charge in [0, 0.05) is 24.2 Å². The van der Waals surface area contributed by atoms with Crippen molar-refractivity contribution in [3.8, 4) is 5.69 Å². The number of halogens is 1. The van der Waals surface area contributed by atoms with Crippen molar-refractivity contribution in [1.29, 1.82) is 0 Å². The number of aliphatic hydroxyl groups is 1. The lowest BCUT2D eigenvalue weighted by atomic mass is 10.1. The topological polar surface area (TPSA) is 62.1 Å². The molecular weight excluding hydrogens is 343 g/mol. The molecule has 27 heavy (non-hydrogen) atoms. The minimum absolute atomic E-state index is 0.120. The van der Waals surface area contributed by atoms with E-state index in [1.807, 2.05) is 54.9 Å². The maximum atomic E-state index is 13.4. The molecule has 2 aromatic carbocycles. The predicted molar refractivity (Wildman–Crippen MR) is 108 cm³/mol. The van der Waals surface area contributed by atoms with E-state index < -0.39 is 12.3 Å². The van der Waals surface area contributed by atoms with Crippen LogP contribution in [0.3, 0.4) is 0 Å². The normalized spacial score (nSPS) is 13.6. The van der Waals surface area contributed by atoms with E-state index in [-0.39, 0.29) is 13.1 Å². The molecule has 0 saturated heterocycles. The first-order chi connectivity index (χ1) is 13.1. The molecule has 0 bridgehead atoms. The Morgan fingerprint density at radius 2 is 1.96 bits per heavy atom. The molecule has 1 aromatic heterocycles. The Labute approximate surface area is 159 Å². The molecule has 0 aliphatic carbocycles. The summed E-state index contributed by atoms with van der Waals surface area (Å²) in [6.07, 6.45) is 2.74. The zero-order chi connectivity index (χ0) is 19.3. The fourth-order valence-corrected chi connectivity index (χ4v) is 3.10. The number of nitrogens with zero attached hydrogens (tertiary/aromatic N) is 2. The zero-order valence-electron chi connectivity index (χ0n) is 15.9. The van der Waals surface area contributed by atoms with Crippen LogP contribution in [-0.4, -0.2) is 46.8 Å². The summed E-state index contributed by atoms with van der Waals surface area (Å²) in [4.78, 5) is 0. The molecule has 0 radical (unpaired) electrons. The summed E-state index contributed by atoms with van der Waals surface area (Å²) in [7, 11) is 0. The van der Waals surface area contributed by atoms with Crippen molar-refractivity contribution < 1.29 is 9.50 Å².